The van der Waals surface area contributed by atoms with E-state index in [4.69, 9.17) is 16.1 Å². The third kappa shape index (κ3) is 4.69. The van der Waals surface area contributed by atoms with Gasteiger partial charge in [-0.25, -0.2) is 4.79 Å². The number of nitrogens with zero attached hydrogens (tertiary/aromatic N) is 1. The Hall–Kier alpha value is -4.12. The number of hydrogen-bond donors (Lipinski definition) is 4. The molecule has 2 aromatic rings. The Morgan fingerprint density at radius 1 is 1.00 bits per heavy atom. The molecule has 2 aromatic carbocycles. The van der Waals surface area contributed by atoms with E-state index in [1.54, 1.807) is 18.2 Å². The number of nitrogen functional groups attached to an aromatic ring is 1. The molecule has 26 heavy (non-hydrogen) atoms. The number of carbonyl (C=O) groups is 3. The summed E-state index contributed by atoms with van der Waals surface area (Å²) in [6.07, 6.45) is 1.000. The number of nitrogens with one attached hydrogen (secondary N) is 2. The molecule has 0 aromatic heterocycles. The van der Waals surface area contributed by atoms with E-state index >= 15 is 0 Å². The van der Waals surface area contributed by atoms with Crippen LogP contribution in [-0.2, 0) is 4.79 Å². The van der Waals surface area contributed by atoms with E-state index in [0.717, 1.165) is 6.20 Å². The minimum absolute atomic E-state index is 0.0646. The molecule has 2 amide bonds. The Labute approximate surface area is 148 Å². The van der Waals surface area contributed by atoms with Crippen molar-refractivity contribution >= 4 is 29.2 Å². The first-order valence-corrected chi connectivity index (χ1v) is 7.32. The number of carboxylic acids is 1. The van der Waals surface area contributed by atoms with Crippen LogP contribution in [0.25, 0.3) is 0 Å². The minimum Gasteiger partial charge on any atom is -0.478 e. The van der Waals surface area contributed by atoms with Crippen LogP contribution in [0.15, 0.2) is 60.3 Å². The van der Waals surface area contributed by atoms with Gasteiger partial charge in [-0.1, -0.05) is 0 Å². The molecule has 0 aliphatic rings. The van der Waals surface area contributed by atoms with Crippen LogP contribution in [0.1, 0.15) is 20.7 Å². The normalized spacial score (nSPS) is 10.5. The lowest BCUT2D eigenvalue weighted by Crippen LogP contribution is -2.21. The van der Waals surface area contributed by atoms with Crippen molar-refractivity contribution in [1.82, 2.24) is 5.32 Å². The number of benzene rings is 2. The fourth-order valence-electron chi connectivity index (χ4n) is 1.90. The van der Waals surface area contributed by atoms with Gasteiger partial charge in [0.25, 0.3) is 11.8 Å². The summed E-state index contributed by atoms with van der Waals surface area (Å²) >= 11 is 0. The minimum atomic E-state index is -1.09. The third-order valence-electron chi connectivity index (χ3n) is 3.28. The predicted molar refractivity (Wildman–Crippen MR) is 94.0 cm³/mol. The molecular weight excluding hydrogens is 336 g/mol. The number of aromatic carboxylic acids is 1. The Balaban J connectivity index is 2.04. The molecular formula is C18H14N4O4. The molecule has 0 aliphatic carbocycles. The highest BCUT2D eigenvalue weighted by molar-refractivity contribution is 6.07. The van der Waals surface area contributed by atoms with Crippen LogP contribution < -0.4 is 16.4 Å². The van der Waals surface area contributed by atoms with E-state index in [-0.39, 0.29) is 11.1 Å². The number of amides is 2. The number of anilines is 2. The maximum Gasteiger partial charge on any atom is 0.335 e. The van der Waals surface area contributed by atoms with Crippen LogP contribution in [0.2, 0.25) is 0 Å². The van der Waals surface area contributed by atoms with Crippen LogP contribution in [0.5, 0.6) is 0 Å². The summed E-state index contributed by atoms with van der Waals surface area (Å²) in [6.45, 7) is 0. The van der Waals surface area contributed by atoms with E-state index in [2.05, 4.69) is 10.6 Å². The van der Waals surface area contributed by atoms with Gasteiger partial charge in [0.15, 0.2) is 0 Å². The number of nitrogens with two attached hydrogens (primary N) is 1. The third-order valence-corrected chi connectivity index (χ3v) is 3.28. The first kappa shape index (κ1) is 18.2. The fraction of sp³-hybridized carbons (Fsp3) is 0. The van der Waals surface area contributed by atoms with Crippen LogP contribution in [0, 0.1) is 11.3 Å². The molecule has 0 saturated carbocycles. The van der Waals surface area contributed by atoms with Gasteiger partial charge >= 0.3 is 5.97 Å². The molecule has 8 heteroatoms. The maximum absolute atomic E-state index is 12.1. The lowest BCUT2D eigenvalue weighted by Gasteiger charge is -2.05. The molecule has 0 heterocycles. The molecule has 8 nitrogen and oxygen atoms in total. The standard InChI is InChI=1S/C18H14N4O4/c19-9-13(10-21-16(23)11-1-5-14(20)6-2-11)17(24)22-15-7-3-12(4-8-15)18(25)26/h1-8,10H,20H2,(H,21,23)(H,22,24)(H,25,26)/b13-10-. The monoisotopic (exact) mass is 350 g/mol. The lowest BCUT2D eigenvalue weighted by atomic mass is 10.2. The van der Waals surface area contributed by atoms with Crippen molar-refractivity contribution in [2.24, 2.45) is 0 Å². The highest BCUT2D eigenvalue weighted by Gasteiger charge is 2.11. The SMILES string of the molecule is N#C/C(=C/NC(=O)c1ccc(N)cc1)C(=O)Nc1ccc(C(=O)O)cc1. The Morgan fingerprint density at radius 2 is 1.58 bits per heavy atom. The Bertz CT molecular complexity index is 910. The van der Waals surface area contributed by atoms with E-state index < -0.39 is 17.8 Å². The fourth-order valence-corrected chi connectivity index (χ4v) is 1.90. The number of hydrogen-bond acceptors (Lipinski definition) is 5. The summed E-state index contributed by atoms with van der Waals surface area (Å²) < 4.78 is 0. The zero-order valence-electron chi connectivity index (χ0n) is 13.4. The summed E-state index contributed by atoms with van der Waals surface area (Å²) in [7, 11) is 0. The summed E-state index contributed by atoms with van der Waals surface area (Å²) in [6, 6.07) is 13.2. The van der Waals surface area contributed by atoms with Crippen LogP contribution >= 0.6 is 0 Å². The first-order valence-electron chi connectivity index (χ1n) is 7.32. The Morgan fingerprint density at radius 3 is 2.12 bits per heavy atom. The van der Waals surface area contributed by atoms with Crippen LogP contribution in [-0.4, -0.2) is 22.9 Å². The molecule has 2 rings (SSSR count). The highest BCUT2D eigenvalue weighted by Crippen LogP contribution is 2.11. The van der Waals surface area contributed by atoms with E-state index in [0.29, 0.717) is 16.9 Å². The van der Waals surface area contributed by atoms with E-state index in [1.807, 2.05) is 0 Å². The second kappa shape index (κ2) is 8.12. The molecule has 0 aliphatic heterocycles. The van der Waals surface area contributed by atoms with Crippen LogP contribution in [0.3, 0.4) is 0 Å². The lowest BCUT2D eigenvalue weighted by molar-refractivity contribution is -0.112. The molecule has 0 fully saturated rings. The second-order valence-electron chi connectivity index (χ2n) is 5.10. The number of rotatable bonds is 5. The van der Waals surface area contributed by atoms with Gasteiger partial charge in [-0.3, -0.25) is 9.59 Å². The number of carbonyl (C=O) groups excluding carboxylic acids is 2. The molecule has 0 radical (unpaired) electrons. The number of carboxylic acid groups (broad SMARTS) is 1. The van der Waals surface area contributed by atoms with Gasteiger partial charge in [-0.2, -0.15) is 5.26 Å². The molecule has 0 atom stereocenters. The van der Waals surface area contributed by atoms with Gasteiger partial charge in [-0.05, 0) is 48.5 Å². The quantitative estimate of drug-likeness (QED) is 0.367. The summed E-state index contributed by atoms with van der Waals surface area (Å²) in [4.78, 5) is 34.8. The van der Waals surface area contributed by atoms with E-state index in [1.165, 1.54) is 36.4 Å². The average Bonchev–Trinajstić information content (AvgIpc) is 2.63. The van der Waals surface area contributed by atoms with Crippen LogP contribution in [0.4, 0.5) is 11.4 Å². The number of nitriles is 1. The molecule has 0 saturated heterocycles. The summed E-state index contributed by atoms with van der Waals surface area (Å²) in [5.74, 6) is -2.34. The first-order chi connectivity index (χ1) is 12.4. The molecule has 0 unspecified atom stereocenters. The van der Waals surface area contributed by atoms with Gasteiger partial charge in [0.05, 0.1) is 5.56 Å². The van der Waals surface area contributed by atoms with Crippen molar-refractivity contribution in [2.45, 2.75) is 0 Å². The Kier molecular flexibility index (Phi) is 5.69. The second-order valence-corrected chi connectivity index (χ2v) is 5.10. The topological polar surface area (TPSA) is 145 Å². The highest BCUT2D eigenvalue weighted by atomic mass is 16.4. The molecule has 5 N–H and O–H groups in total. The summed E-state index contributed by atoms with van der Waals surface area (Å²) in [5.41, 5.74) is 6.41. The van der Waals surface area contributed by atoms with Crippen molar-refractivity contribution in [3.63, 3.8) is 0 Å². The van der Waals surface area contributed by atoms with Gasteiger partial charge in [0.2, 0.25) is 0 Å². The van der Waals surface area contributed by atoms with E-state index in [9.17, 15) is 14.4 Å². The smallest absolute Gasteiger partial charge is 0.335 e. The van der Waals surface area contributed by atoms with Crippen molar-refractivity contribution in [3.8, 4) is 6.07 Å². The summed E-state index contributed by atoms with van der Waals surface area (Å²) in [5, 5.41) is 22.7. The largest absolute Gasteiger partial charge is 0.478 e. The zero-order chi connectivity index (χ0) is 19.1. The van der Waals surface area contributed by atoms with Gasteiger partial charge in [-0.15, -0.1) is 0 Å². The molecule has 0 bridgehead atoms. The van der Waals surface area contributed by atoms with Crippen molar-refractivity contribution < 1.29 is 19.5 Å². The van der Waals surface area contributed by atoms with Gasteiger partial charge < -0.3 is 21.5 Å². The molecule has 0 spiro atoms. The average molecular weight is 350 g/mol. The van der Waals surface area contributed by atoms with Gasteiger partial charge in [0.1, 0.15) is 11.6 Å². The van der Waals surface area contributed by atoms with Crippen molar-refractivity contribution in [3.05, 3.63) is 71.4 Å². The maximum atomic E-state index is 12.1. The van der Waals surface area contributed by atoms with Crippen molar-refractivity contribution in [1.29, 1.82) is 5.26 Å². The zero-order valence-corrected chi connectivity index (χ0v) is 13.4. The molecule has 130 valence electrons. The van der Waals surface area contributed by atoms with Crippen molar-refractivity contribution in [2.75, 3.05) is 11.1 Å². The predicted octanol–water partition coefficient (Wildman–Crippen LogP) is 1.74. The van der Waals surface area contributed by atoms with Gasteiger partial charge in [0, 0.05) is 23.1 Å².